The number of thiophene rings is 2. The number of hydrogen-bond donors (Lipinski definition) is 2. The molecule has 2 aromatic heterocycles. The van der Waals surface area contributed by atoms with E-state index in [9.17, 15) is 19.8 Å². The van der Waals surface area contributed by atoms with E-state index in [0.717, 1.165) is 63.0 Å². The molecule has 0 saturated carbocycles. The average molecular weight is 1220 g/mol. The van der Waals surface area contributed by atoms with Crippen LogP contribution in [0, 0.1) is 18.8 Å². The highest BCUT2D eigenvalue weighted by Gasteiger charge is 2.52. The first-order chi connectivity index (χ1) is 42.6. The number of aliphatic hydroxyl groups excluding tert-OH is 2. The first-order valence-corrected chi connectivity index (χ1v) is 35.4. The minimum atomic E-state index is -0.372. The molecule has 0 amide bonds. The van der Waals surface area contributed by atoms with Gasteiger partial charge in [0.15, 0.2) is 17.3 Å². The topological polar surface area (TPSA) is 80.9 Å². The van der Waals surface area contributed by atoms with Gasteiger partial charge in [0.05, 0.1) is 22.1 Å². The Morgan fingerprint density at radius 3 is 1.81 bits per heavy atom. The van der Waals surface area contributed by atoms with Crippen molar-refractivity contribution in [2.75, 3.05) is 18.0 Å². The zero-order chi connectivity index (χ0) is 63.1. The predicted octanol–water partition coefficient (Wildman–Crippen LogP) is 21.7. The van der Waals surface area contributed by atoms with Crippen LogP contribution in [0.1, 0.15) is 217 Å². The van der Waals surface area contributed by atoms with Gasteiger partial charge in [-0.3, -0.25) is 9.59 Å². The fraction of sp³-hybridized carbons (Fsp3) is 0.444. The Labute approximate surface area is 539 Å². The van der Waals surface area contributed by atoms with E-state index in [0.29, 0.717) is 28.7 Å². The van der Waals surface area contributed by atoms with E-state index in [1.165, 1.54) is 119 Å². The van der Waals surface area contributed by atoms with Gasteiger partial charge in [0, 0.05) is 72.6 Å². The Kier molecular flexibility index (Phi) is 17.0. The third-order valence-electron chi connectivity index (χ3n) is 22.0. The number of carbonyl (C=O) groups excluding carboxylic acids is 2. The number of rotatable bonds is 22. The third kappa shape index (κ3) is 10.7. The van der Waals surface area contributed by atoms with E-state index in [2.05, 4.69) is 209 Å². The molecule has 4 atom stereocenters. The zero-order valence-corrected chi connectivity index (χ0v) is 57.0. The summed E-state index contributed by atoms with van der Waals surface area (Å²) in [5, 5.41) is 24.0. The summed E-state index contributed by atoms with van der Waals surface area (Å²) in [5.41, 5.74) is 16.8. The fourth-order valence-electron chi connectivity index (χ4n) is 16.7. The molecule has 4 aliphatic carbocycles. The van der Waals surface area contributed by atoms with Crippen molar-refractivity contribution in [1.82, 2.24) is 0 Å². The van der Waals surface area contributed by atoms with E-state index in [4.69, 9.17) is 0 Å². The molecule has 0 radical (unpaired) electrons. The third-order valence-corrected chi connectivity index (χ3v) is 24.3. The normalized spacial score (nSPS) is 23.1. The Morgan fingerprint density at radius 2 is 1.18 bits per heavy atom. The number of ketones is 2. The summed E-state index contributed by atoms with van der Waals surface area (Å²) in [4.78, 5) is 36.4. The number of anilines is 1. The van der Waals surface area contributed by atoms with Crippen molar-refractivity contribution in [3.05, 3.63) is 199 Å². The first-order valence-electron chi connectivity index (χ1n) is 33.8. The molecule has 8 heteroatoms. The van der Waals surface area contributed by atoms with E-state index in [1.54, 1.807) is 0 Å². The molecule has 0 saturated heterocycles. The highest BCUT2D eigenvalue weighted by atomic mass is 32.1. The van der Waals surface area contributed by atoms with Gasteiger partial charge in [0.1, 0.15) is 18.1 Å². The lowest BCUT2D eigenvalue weighted by atomic mass is 9.69. The van der Waals surface area contributed by atoms with Crippen LogP contribution in [0.3, 0.4) is 0 Å². The molecule has 2 N–H and O–H groups in total. The summed E-state index contributed by atoms with van der Waals surface area (Å²) in [7, 11) is 0. The van der Waals surface area contributed by atoms with Crippen molar-refractivity contribution < 1.29 is 24.4 Å². The van der Waals surface area contributed by atoms with Crippen LogP contribution in [0.15, 0.2) is 161 Å². The van der Waals surface area contributed by atoms with Gasteiger partial charge in [-0.15, -0.1) is 22.7 Å². The SMILES string of the molecule is CCCCCCC1c2ccc(-c3ccc(-c4ccc5c(c4)C(C)(C)C(CC4=C(O)/C(=C\C6=[N+](CCCCCC)c7ccccc7C6(C)C)C4=O)C5CC)s3)cc2C(C)(C)C1/C=C1/C(=O)C(/C=C2\N(CCCC)c3ccc(-c4ccc(C)s4)cc3C2(C)C)=C1O. The second-order valence-corrected chi connectivity index (χ2v) is 31.3. The van der Waals surface area contributed by atoms with Crippen LogP contribution in [0.25, 0.3) is 31.3 Å². The Morgan fingerprint density at radius 1 is 0.573 bits per heavy atom. The van der Waals surface area contributed by atoms with Gasteiger partial charge in [0.25, 0.3) is 0 Å². The number of hydrogen-bond acceptors (Lipinski definition) is 7. The molecule has 0 spiro atoms. The summed E-state index contributed by atoms with van der Waals surface area (Å²) in [6.07, 6.45) is 20.1. The molecule has 6 aliphatic rings. The van der Waals surface area contributed by atoms with Gasteiger partial charge < -0.3 is 15.1 Å². The highest BCUT2D eigenvalue weighted by molar-refractivity contribution is 7.18. The Hall–Kier alpha value is -6.61. The second kappa shape index (κ2) is 24.2. The molecule has 0 bridgehead atoms. The first kappa shape index (κ1) is 62.6. The Balaban J connectivity index is 0.798. The molecule has 6 nitrogen and oxygen atoms in total. The summed E-state index contributed by atoms with van der Waals surface area (Å²) in [6.45, 7) is 31.3. The lowest BCUT2D eigenvalue weighted by Crippen LogP contribution is -2.33. The number of para-hydroxylation sites is 1. The van der Waals surface area contributed by atoms with E-state index >= 15 is 0 Å². The number of fused-ring (bicyclic) bond motifs is 4. The summed E-state index contributed by atoms with van der Waals surface area (Å²) in [5.74, 6) is 0.889. The van der Waals surface area contributed by atoms with Crippen molar-refractivity contribution in [1.29, 1.82) is 0 Å². The largest absolute Gasteiger partial charge is 0.507 e. The number of allylic oxidation sites excluding steroid dienone is 8. The molecule has 4 aromatic carbocycles. The molecular weight excluding hydrogens is 1130 g/mol. The minimum absolute atomic E-state index is 0.0119. The zero-order valence-electron chi connectivity index (χ0n) is 55.4. The molecule has 464 valence electrons. The van der Waals surface area contributed by atoms with Crippen LogP contribution in [0.5, 0.6) is 0 Å². The van der Waals surface area contributed by atoms with Crippen LogP contribution in [0.2, 0.25) is 0 Å². The van der Waals surface area contributed by atoms with Crippen molar-refractivity contribution in [2.24, 2.45) is 11.8 Å². The number of nitrogens with zero attached hydrogens (tertiary/aromatic N) is 2. The molecule has 89 heavy (non-hydrogen) atoms. The van der Waals surface area contributed by atoms with Gasteiger partial charge in [-0.25, -0.2) is 0 Å². The van der Waals surface area contributed by atoms with Gasteiger partial charge >= 0.3 is 0 Å². The minimum Gasteiger partial charge on any atom is -0.507 e. The maximum absolute atomic E-state index is 14.6. The lowest BCUT2D eigenvalue weighted by Gasteiger charge is -2.34. The molecular formula is C81H95N2O4S2+. The number of unbranched alkanes of at least 4 members (excludes halogenated alkanes) is 7. The highest BCUT2D eigenvalue weighted by Crippen LogP contribution is 2.59. The summed E-state index contributed by atoms with van der Waals surface area (Å²) >= 11 is 3.65. The second-order valence-electron chi connectivity index (χ2n) is 28.9. The van der Waals surface area contributed by atoms with Crippen LogP contribution < -0.4 is 4.90 Å². The summed E-state index contributed by atoms with van der Waals surface area (Å²) in [6, 6.07) is 38.6. The molecule has 4 heterocycles. The predicted molar refractivity (Wildman–Crippen MR) is 374 cm³/mol. The monoisotopic (exact) mass is 1220 g/mol. The van der Waals surface area contributed by atoms with Gasteiger partial charge in [-0.1, -0.05) is 169 Å². The standard InChI is InChI=1S/C81H94N2O4S2/c1-14-18-21-23-27-54-56-35-32-51(43-63(56)79(8,9)65(54)46-58-76(86)60(77(58)87)48-73-81(12,13)66-44-52(69-37-30-49(5)88-69)33-36-68(66)82(73)40-20-16-3)71-39-38-70(89-71)50-31-34-55-53(17-4)64(78(6,7)62(55)42-50)45-57-74(84)59(75(57)85)47-72-80(10,11)61-28-24-25-29-67(61)83(72)41-26-22-19-15-2/h24-25,28-39,42-44,46-48,53-54,64-65H,14-23,26-27,40-41,45H2,1-13H3,(H-,84,85,86,87)/p+1/b73-48-. The molecule has 4 unspecified atom stereocenters. The lowest BCUT2D eigenvalue weighted by molar-refractivity contribution is -0.438. The van der Waals surface area contributed by atoms with Crippen molar-refractivity contribution >= 4 is 51.3 Å². The van der Waals surface area contributed by atoms with Gasteiger partial charge in [-0.05, 0) is 186 Å². The number of aliphatic hydroxyl groups is 2. The maximum atomic E-state index is 14.6. The number of aryl methyl sites for hydroxylation is 1. The van der Waals surface area contributed by atoms with Crippen molar-refractivity contribution in [3.63, 3.8) is 0 Å². The van der Waals surface area contributed by atoms with Crippen LogP contribution in [-0.2, 0) is 31.2 Å². The smallest absolute Gasteiger partial charge is 0.209 e. The molecule has 2 aliphatic heterocycles. The van der Waals surface area contributed by atoms with E-state index in [-0.39, 0.29) is 68.4 Å². The number of Topliss-reactive ketones (excluding diaryl/α,β-unsaturated/α-hetero) is 2. The quantitative estimate of drug-likeness (QED) is 0.0402. The van der Waals surface area contributed by atoms with Crippen molar-refractivity contribution in [2.45, 2.75) is 207 Å². The maximum Gasteiger partial charge on any atom is 0.209 e. The van der Waals surface area contributed by atoms with E-state index < -0.39 is 0 Å². The number of carbonyl (C=O) groups is 2. The van der Waals surface area contributed by atoms with Crippen molar-refractivity contribution in [3.8, 4) is 31.3 Å². The summed E-state index contributed by atoms with van der Waals surface area (Å²) < 4.78 is 2.40. The van der Waals surface area contributed by atoms with Crippen LogP contribution in [0.4, 0.5) is 11.4 Å². The molecule has 0 fully saturated rings. The van der Waals surface area contributed by atoms with Crippen LogP contribution in [-0.4, -0.2) is 45.2 Å². The molecule has 6 aromatic rings. The molecule has 12 rings (SSSR count). The number of benzene rings is 4. The average Bonchev–Trinajstić information content (AvgIpc) is 1.65. The van der Waals surface area contributed by atoms with Gasteiger partial charge in [0.2, 0.25) is 5.69 Å². The Bertz CT molecular complexity index is 4010. The fourth-order valence-corrected chi connectivity index (χ4v) is 18.5. The van der Waals surface area contributed by atoms with Gasteiger partial charge in [-0.2, -0.15) is 4.58 Å². The van der Waals surface area contributed by atoms with Crippen LogP contribution >= 0.6 is 22.7 Å². The van der Waals surface area contributed by atoms with E-state index in [1.807, 2.05) is 34.8 Å².